The van der Waals surface area contributed by atoms with Crippen LogP contribution in [0.3, 0.4) is 0 Å². The standard InChI is InChI=1S/C27H27F2NO2/c28-23-8-6-21(7-9-23)27(31)22-14-17-30(18-15-22)19-16-26(20-4-2-1-3-5-20)32-25-12-10-24(29)11-13-25/h1-13,22,26H,14-19H2. The summed E-state index contributed by atoms with van der Waals surface area (Å²) >= 11 is 0. The minimum Gasteiger partial charge on any atom is -0.486 e. The maximum atomic E-state index is 13.2. The molecule has 1 aliphatic heterocycles. The van der Waals surface area contributed by atoms with Crippen LogP contribution in [-0.4, -0.2) is 30.3 Å². The van der Waals surface area contributed by atoms with Crippen LogP contribution in [0.2, 0.25) is 0 Å². The van der Waals surface area contributed by atoms with Crippen LogP contribution in [0.1, 0.15) is 41.3 Å². The van der Waals surface area contributed by atoms with Crippen molar-refractivity contribution in [2.24, 2.45) is 5.92 Å². The number of benzene rings is 3. The maximum absolute atomic E-state index is 13.2. The molecule has 0 saturated carbocycles. The van der Waals surface area contributed by atoms with Gasteiger partial charge in [0.25, 0.3) is 0 Å². The first-order valence-corrected chi connectivity index (χ1v) is 11.1. The number of ether oxygens (including phenoxy) is 1. The summed E-state index contributed by atoms with van der Waals surface area (Å²) in [6, 6.07) is 22.0. The summed E-state index contributed by atoms with van der Waals surface area (Å²) in [5.41, 5.74) is 1.67. The molecule has 166 valence electrons. The van der Waals surface area contributed by atoms with Crippen LogP contribution in [-0.2, 0) is 0 Å². The fraction of sp³-hybridized carbons (Fsp3) is 0.296. The van der Waals surface area contributed by atoms with Gasteiger partial charge in [0.15, 0.2) is 5.78 Å². The van der Waals surface area contributed by atoms with Crippen LogP contribution in [0.15, 0.2) is 78.9 Å². The third kappa shape index (κ3) is 5.80. The van der Waals surface area contributed by atoms with Crippen molar-refractivity contribution in [3.63, 3.8) is 0 Å². The summed E-state index contributed by atoms with van der Waals surface area (Å²) in [5.74, 6) is 0.117. The van der Waals surface area contributed by atoms with Crippen molar-refractivity contribution in [3.8, 4) is 5.75 Å². The van der Waals surface area contributed by atoms with E-state index in [4.69, 9.17) is 4.74 Å². The average Bonchev–Trinajstić information content (AvgIpc) is 2.84. The molecule has 1 unspecified atom stereocenters. The molecule has 0 spiro atoms. The van der Waals surface area contributed by atoms with Gasteiger partial charge in [-0.25, -0.2) is 8.78 Å². The molecule has 0 aromatic heterocycles. The third-order valence-corrected chi connectivity index (χ3v) is 6.06. The highest BCUT2D eigenvalue weighted by Gasteiger charge is 2.26. The molecule has 1 aliphatic rings. The van der Waals surface area contributed by atoms with E-state index in [1.54, 1.807) is 24.3 Å². The highest BCUT2D eigenvalue weighted by molar-refractivity contribution is 5.97. The van der Waals surface area contributed by atoms with Crippen molar-refractivity contribution < 1.29 is 18.3 Å². The van der Waals surface area contributed by atoms with Crippen molar-refractivity contribution in [3.05, 3.63) is 102 Å². The van der Waals surface area contributed by atoms with Gasteiger partial charge in [-0.1, -0.05) is 30.3 Å². The molecule has 1 fully saturated rings. The Morgan fingerprint density at radius 3 is 2.09 bits per heavy atom. The number of rotatable bonds is 8. The smallest absolute Gasteiger partial charge is 0.166 e. The summed E-state index contributed by atoms with van der Waals surface area (Å²) in [5, 5.41) is 0. The molecule has 1 saturated heterocycles. The molecule has 3 nitrogen and oxygen atoms in total. The fourth-order valence-electron chi connectivity index (χ4n) is 4.21. The van der Waals surface area contributed by atoms with Gasteiger partial charge >= 0.3 is 0 Å². The predicted octanol–water partition coefficient (Wildman–Crippen LogP) is 6.07. The second-order valence-electron chi connectivity index (χ2n) is 8.25. The lowest BCUT2D eigenvalue weighted by atomic mass is 9.88. The number of Topliss-reactive ketones (excluding diaryl/α,β-unsaturated/α-hetero) is 1. The number of carbonyl (C=O) groups excluding carboxylic acids is 1. The number of likely N-dealkylation sites (tertiary alicyclic amines) is 1. The van der Waals surface area contributed by atoms with Crippen LogP contribution in [0.25, 0.3) is 0 Å². The first kappa shape index (κ1) is 22.2. The van der Waals surface area contributed by atoms with Gasteiger partial charge in [0, 0.05) is 24.4 Å². The highest BCUT2D eigenvalue weighted by Crippen LogP contribution is 2.27. The Balaban J connectivity index is 1.33. The van der Waals surface area contributed by atoms with Crippen molar-refractivity contribution in [1.29, 1.82) is 0 Å². The number of hydrogen-bond donors (Lipinski definition) is 0. The summed E-state index contributed by atoms with van der Waals surface area (Å²) in [6.45, 7) is 2.53. The Labute approximate surface area is 187 Å². The SMILES string of the molecule is O=C(c1ccc(F)cc1)C1CCN(CCC(Oc2ccc(F)cc2)c2ccccc2)CC1. The highest BCUT2D eigenvalue weighted by atomic mass is 19.1. The van der Waals surface area contributed by atoms with E-state index in [1.165, 1.54) is 24.3 Å². The summed E-state index contributed by atoms with van der Waals surface area (Å²) in [6.07, 6.45) is 2.24. The number of nitrogens with zero attached hydrogens (tertiary/aromatic N) is 1. The largest absolute Gasteiger partial charge is 0.486 e. The monoisotopic (exact) mass is 435 g/mol. The van der Waals surface area contributed by atoms with Crippen molar-refractivity contribution >= 4 is 5.78 Å². The van der Waals surface area contributed by atoms with Crippen LogP contribution < -0.4 is 4.74 Å². The van der Waals surface area contributed by atoms with Crippen LogP contribution in [0, 0.1) is 17.6 Å². The lowest BCUT2D eigenvalue weighted by Gasteiger charge is -2.32. The first-order chi connectivity index (χ1) is 15.6. The molecular weight excluding hydrogens is 408 g/mol. The normalized spacial score (nSPS) is 15.9. The zero-order chi connectivity index (χ0) is 22.3. The van der Waals surface area contributed by atoms with Gasteiger partial charge < -0.3 is 9.64 Å². The molecule has 3 aromatic rings. The summed E-state index contributed by atoms with van der Waals surface area (Å²) < 4.78 is 32.6. The van der Waals surface area contributed by atoms with E-state index >= 15 is 0 Å². The molecule has 0 aliphatic carbocycles. The van der Waals surface area contributed by atoms with E-state index in [9.17, 15) is 13.6 Å². The molecule has 5 heteroatoms. The molecule has 1 atom stereocenters. The molecular formula is C27H27F2NO2. The Bertz CT molecular complexity index is 998. The Morgan fingerprint density at radius 2 is 1.47 bits per heavy atom. The van der Waals surface area contributed by atoms with E-state index in [0.29, 0.717) is 11.3 Å². The van der Waals surface area contributed by atoms with Crippen LogP contribution in [0.5, 0.6) is 5.75 Å². The molecule has 0 radical (unpaired) electrons. The second kappa shape index (κ2) is 10.5. The Morgan fingerprint density at radius 1 is 0.875 bits per heavy atom. The minimum atomic E-state index is -0.327. The lowest BCUT2D eigenvalue weighted by Crippen LogP contribution is -2.37. The van der Waals surface area contributed by atoms with Crippen LogP contribution in [0.4, 0.5) is 8.78 Å². The van der Waals surface area contributed by atoms with Gasteiger partial charge in [0.2, 0.25) is 0 Å². The number of ketones is 1. The van der Waals surface area contributed by atoms with E-state index < -0.39 is 0 Å². The number of piperidine rings is 1. The number of hydrogen-bond acceptors (Lipinski definition) is 3. The zero-order valence-corrected chi connectivity index (χ0v) is 17.9. The summed E-state index contributed by atoms with van der Waals surface area (Å²) in [7, 11) is 0. The van der Waals surface area contributed by atoms with Gasteiger partial charge in [-0.2, -0.15) is 0 Å². The Hall–Kier alpha value is -3.05. The molecule has 4 rings (SSSR count). The molecule has 32 heavy (non-hydrogen) atoms. The van der Waals surface area contributed by atoms with E-state index in [2.05, 4.69) is 4.90 Å². The van der Waals surface area contributed by atoms with E-state index in [1.807, 2.05) is 30.3 Å². The third-order valence-electron chi connectivity index (χ3n) is 6.06. The number of halogens is 2. The van der Waals surface area contributed by atoms with Crippen molar-refractivity contribution in [2.75, 3.05) is 19.6 Å². The quantitative estimate of drug-likeness (QED) is 0.402. The lowest BCUT2D eigenvalue weighted by molar-refractivity contribution is 0.0822. The van der Waals surface area contributed by atoms with Crippen LogP contribution >= 0.6 is 0 Å². The zero-order valence-electron chi connectivity index (χ0n) is 17.9. The van der Waals surface area contributed by atoms with Gasteiger partial charge in [-0.15, -0.1) is 0 Å². The van der Waals surface area contributed by atoms with Gasteiger partial charge in [-0.05, 0) is 80.0 Å². The van der Waals surface area contributed by atoms with Gasteiger partial charge in [0.1, 0.15) is 23.5 Å². The van der Waals surface area contributed by atoms with Gasteiger partial charge in [-0.3, -0.25) is 4.79 Å². The van der Waals surface area contributed by atoms with Crippen molar-refractivity contribution in [2.45, 2.75) is 25.4 Å². The van der Waals surface area contributed by atoms with Gasteiger partial charge in [0.05, 0.1) is 0 Å². The molecule has 0 amide bonds. The summed E-state index contributed by atoms with van der Waals surface area (Å²) in [4.78, 5) is 15.1. The van der Waals surface area contributed by atoms with E-state index in [-0.39, 0.29) is 29.4 Å². The second-order valence-corrected chi connectivity index (χ2v) is 8.25. The molecule has 1 heterocycles. The topological polar surface area (TPSA) is 29.5 Å². The average molecular weight is 436 g/mol. The first-order valence-electron chi connectivity index (χ1n) is 11.1. The Kier molecular flexibility index (Phi) is 7.28. The predicted molar refractivity (Wildman–Crippen MR) is 121 cm³/mol. The molecule has 0 N–H and O–H groups in total. The number of carbonyl (C=O) groups is 1. The maximum Gasteiger partial charge on any atom is 0.166 e. The van der Waals surface area contributed by atoms with E-state index in [0.717, 1.165) is 44.5 Å². The van der Waals surface area contributed by atoms with Crippen molar-refractivity contribution in [1.82, 2.24) is 4.90 Å². The fourth-order valence-corrected chi connectivity index (χ4v) is 4.21. The minimum absolute atomic E-state index is 0.0166. The molecule has 3 aromatic carbocycles. The molecule has 0 bridgehead atoms.